The van der Waals surface area contributed by atoms with Gasteiger partial charge in [-0.3, -0.25) is 4.79 Å². The third-order valence-corrected chi connectivity index (χ3v) is 4.52. The second-order valence-electron chi connectivity index (χ2n) is 5.87. The van der Waals surface area contributed by atoms with Crippen LogP contribution in [0.15, 0.2) is 53.4 Å². The van der Waals surface area contributed by atoms with E-state index in [1.165, 1.54) is 18.2 Å². The van der Waals surface area contributed by atoms with Crippen LogP contribution in [0.3, 0.4) is 0 Å². The SMILES string of the molecule is CSc1cccc(CN(C(=O)C(O)c2cccc(F)c2)C(C)C)c1. The van der Waals surface area contributed by atoms with Crippen molar-refractivity contribution >= 4 is 17.7 Å². The van der Waals surface area contributed by atoms with Gasteiger partial charge in [0.25, 0.3) is 5.91 Å². The van der Waals surface area contributed by atoms with Gasteiger partial charge in [0, 0.05) is 17.5 Å². The van der Waals surface area contributed by atoms with E-state index in [1.54, 1.807) is 22.7 Å². The molecule has 0 fully saturated rings. The van der Waals surface area contributed by atoms with E-state index >= 15 is 0 Å². The van der Waals surface area contributed by atoms with Crippen LogP contribution in [0.25, 0.3) is 0 Å². The highest BCUT2D eigenvalue weighted by Gasteiger charge is 2.26. The zero-order valence-electron chi connectivity index (χ0n) is 14.1. The van der Waals surface area contributed by atoms with Gasteiger partial charge >= 0.3 is 0 Å². The lowest BCUT2D eigenvalue weighted by molar-refractivity contribution is -0.143. The lowest BCUT2D eigenvalue weighted by Crippen LogP contribution is -2.39. The number of aliphatic hydroxyl groups excluding tert-OH is 1. The number of carbonyl (C=O) groups excluding carboxylic acids is 1. The van der Waals surface area contributed by atoms with Crippen LogP contribution in [0.1, 0.15) is 31.1 Å². The summed E-state index contributed by atoms with van der Waals surface area (Å²) in [7, 11) is 0. The van der Waals surface area contributed by atoms with Crippen molar-refractivity contribution in [2.24, 2.45) is 0 Å². The predicted octanol–water partition coefficient (Wildman–Crippen LogP) is 4.02. The third kappa shape index (κ3) is 4.58. The fourth-order valence-electron chi connectivity index (χ4n) is 2.46. The molecule has 0 heterocycles. The largest absolute Gasteiger partial charge is 0.378 e. The van der Waals surface area contributed by atoms with Gasteiger partial charge in [-0.1, -0.05) is 24.3 Å². The second kappa shape index (κ2) is 8.31. The molecule has 0 aliphatic heterocycles. The van der Waals surface area contributed by atoms with Crippen LogP contribution >= 0.6 is 11.8 Å². The molecular weight excluding hydrogens is 325 g/mol. The van der Waals surface area contributed by atoms with Crippen LogP contribution < -0.4 is 0 Å². The number of nitrogens with zero attached hydrogens (tertiary/aromatic N) is 1. The number of rotatable bonds is 6. The molecule has 2 aromatic rings. The molecule has 2 rings (SSSR count). The zero-order valence-corrected chi connectivity index (χ0v) is 14.9. The number of halogens is 1. The molecule has 0 bridgehead atoms. The minimum absolute atomic E-state index is 0.0846. The summed E-state index contributed by atoms with van der Waals surface area (Å²) in [6.45, 7) is 4.19. The first-order chi connectivity index (χ1) is 11.4. The van der Waals surface area contributed by atoms with Crippen LogP contribution in [-0.2, 0) is 11.3 Å². The van der Waals surface area contributed by atoms with Gasteiger partial charge in [0.15, 0.2) is 6.10 Å². The minimum atomic E-state index is -1.37. The monoisotopic (exact) mass is 347 g/mol. The Labute approximate surface area is 146 Å². The molecule has 0 spiro atoms. The van der Waals surface area contributed by atoms with Crippen molar-refractivity contribution in [3.05, 3.63) is 65.5 Å². The average Bonchev–Trinajstić information content (AvgIpc) is 2.58. The van der Waals surface area contributed by atoms with E-state index < -0.39 is 17.8 Å². The fourth-order valence-corrected chi connectivity index (χ4v) is 2.94. The number of amides is 1. The Morgan fingerprint density at radius 2 is 1.92 bits per heavy atom. The van der Waals surface area contributed by atoms with Crippen LogP contribution in [-0.4, -0.2) is 28.2 Å². The summed E-state index contributed by atoms with van der Waals surface area (Å²) < 4.78 is 13.3. The first-order valence-electron chi connectivity index (χ1n) is 7.79. The lowest BCUT2D eigenvalue weighted by atomic mass is 10.1. The molecule has 128 valence electrons. The summed E-state index contributed by atoms with van der Waals surface area (Å²) in [5.41, 5.74) is 1.26. The van der Waals surface area contributed by atoms with Gasteiger partial charge in [-0.05, 0) is 55.5 Å². The summed E-state index contributed by atoms with van der Waals surface area (Å²) in [5.74, 6) is -0.895. The maximum atomic E-state index is 13.3. The standard InChI is InChI=1S/C19H22FNO2S/c1-13(2)21(12-14-6-4-9-17(10-14)24-3)19(23)18(22)15-7-5-8-16(20)11-15/h4-11,13,18,22H,12H2,1-3H3. The topological polar surface area (TPSA) is 40.5 Å². The van der Waals surface area contributed by atoms with E-state index in [2.05, 4.69) is 0 Å². The maximum absolute atomic E-state index is 13.3. The summed E-state index contributed by atoms with van der Waals surface area (Å²) in [5, 5.41) is 10.3. The molecule has 0 radical (unpaired) electrons. The maximum Gasteiger partial charge on any atom is 0.256 e. The van der Waals surface area contributed by atoms with Gasteiger partial charge in [0.2, 0.25) is 0 Å². The number of benzene rings is 2. The zero-order chi connectivity index (χ0) is 17.7. The number of aliphatic hydroxyl groups is 1. The molecule has 3 nitrogen and oxygen atoms in total. The number of hydrogen-bond donors (Lipinski definition) is 1. The molecule has 0 saturated heterocycles. The van der Waals surface area contributed by atoms with Crippen molar-refractivity contribution < 1.29 is 14.3 Å². The Balaban J connectivity index is 2.21. The smallest absolute Gasteiger partial charge is 0.256 e. The first kappa shape index (κ1) is 18.5. The molecular formula is C19H22FNO2S. The van der Waals surface area contributed by atoms with E-state index in [0.717, 1.165) is 10.5 Å². The van der Waals surface area contributed by atoms with Crippen molar-refractivity contribution in [3.8, 4) is 0 Å². The molecule has 0 saturated carbocycles. The molecule has 0 aromatic heterocycles. The Bertz CT molecular complexity index is 705. The molecule has 2 aromatic carbocycles. The summed E-state index contributed by atoms with van der Waals surface area (Å²) in [6.07, 6.45) is 0.630. The predicted molar refractivity (Wildman–Crippen MR) is 95.3 cm³/mol. The summed E-state index contributed by atoms with van der Waals surface area (Å²) in [6, 6.07) is 13.4. The second-order valence-corrected chi connectivity index (χ2v) is 6.75. The van der Waals surface area contributed by atoms with E-state index in [1.807, 2.05) is 44.4 Å². The van der Waals surface area contributed by atoms with Crippen molar-refractivity contribution in [2.75, 3.05) is 6.26 Å². The molecule has 0 aliphatic carbocycles. The van der Waals surface area contributed by atoms with E-state index in [4.69, 9.17) is 0 Å². The van der Waals surface area contributed by atoms with Gasteiger partial charge < -0.3 is 10.0 Å². The fraction of sp³-hybridized carbons (Fsp3) is 0.316. The van der Waals surface area contributed by atoms with Crippen molar-refractivity contribution in [3.63, 3.8) is 0 Å². The Morgan fingerprint density at radius 1 is 1.21 bits per heavy atom. The van der Waals surface area contributed by atoms with Crippen molar-refractivity contribution in [1.29, 1.82) is 0 Å². The normalized spacial score (nSPS) is 12.2. The minimum Gasteiger partial charge on any atom is -0.378 e. The summed E-state index contributed by atoms with van der Waals surface area (Å²) in [4.78, 5) is 15.4. The highest BCUT2D eigenvalue weighted by molar-refractivity contribution is 7.98. The summed E-state index contributed by atoms with van der Waals surface area (Å²) >= 11 is 1.64. The van der Waals surface area contributed by atoms with Gasteiger partial charge in [-0.15, -0.1) is 11.8 Å². The molecule has 5 heteroatoms. The molecule has 0 aliphatic rings. The third-order valence-electron chi connectivity index (χ3n) is 3.79. The van der Waals surface area contributed by atoms with Gasteiger partial charge in [-0.25, -0.2) is 4.39 Å². The van der Waals surface area contributed by atoms with Crippen molar-refractivity contribution in [2.45, 2.75) is 37.4 Å². The number of hydrogen-bond acceptors (Lipinski definition) is 3. The van der Waals surface area contributed by atoms with Crippen LogP contribution in [0, 0.1) is 5.82 Å². The molecule has 1 N–H and O–H groups in total. The van der Waals surface area contributed by atoms with Crippen molar-refractivity contribution in [1.82, 2.24) is 4.90 Å². The first-order valence-corrected chi connectivity index (χ1v) is 9.01. The molecule has 1 unspecified atom stereocenters. The molecule has 24 heavy (non-hydrogen) atoms. The lowest BCUT2D eigenvalue weighted by Gasteiger charge is -2.29. The molecule has 1 amide bonds. The average molecular weight is 347 g/mol. The highest BCUT2D eigenvalue weighted by atomic mass is 32.2. The van der Waals surface area contributed by atoms with Gasteiger partial charge in [0.05, 0.1) is 0 Å². The Morgan fingerprint density at radius 3 is 2.54 bits per heavy atom. The van der Waals surface area contributed by atoms with Gasteiger partial charge in [0.1, 0.15) is 5.82 Å². The molecule has 1 atom stereocenters. The quantitative estimate of drug-likeness (QED) is 0.803. The van der Waals surface area contributed by atoms with Crippen LogP contribution in [0.2, 0.25) is 0 Å². The number of thioether (sulfide) groups is 1. The Kier molecular flexibility index (Phi) is 6.40. The Hall–Kier alpha value is -1.85. The highest BCUT2D eigenvalue weighted by Crippen LogP contribution is 2.22. The van der Waals surface area contributed by atoms with Crippen LogP contribution in [0.5, 0.6) is 0 Å². The number of carbonyl (C=O) groups is 1. The van der Waals surface area contributed by atoms with E-state index in [-0.39, 0.29) is 11.6 Å². The van der Waals surface area contributed by atoms with Crippen LogP contribution in [0.4, 0.5) is 4.39 Å². The van der Waals surface area contributed by atoms with E-state index in [0.29, 0.717) is 6.54 Å². The van der Waals surface area contributed by atoms with E-state index in [9.17, 15) is 14.3 Å². The van der Waals surface area contributed by atoms with Gasteiger partial charge in [-0.2, -0.15) is 0 Å².